The summed E-state index contributed by atoms with van der Waals surface area (Å²) >= 11 is 0. The molecule has 0 aromatic carbocycles. The lowest BCUT2D eigenvalue weighted by Crippen LogP contribution is -2.43. The second-order valence-electron chi connectivity index (χ2n) is 5.53. The van der Waals surface area contributed by atoms with Crippen LogP contribution in [0.4, 0.5) is 0 Å². The minimum absolute atomic E-state index is 0.797. The molecule has 0 aromatic heterocycles. The van der Waals surface area contributed by atoms with E-state index in [1.165, 1.54) is 51.5 Å². The summed E-state index contributed by atoms with van der Waals surface area (Å²) in [6.45, 7) is 3.07. The molecule has 0 amide bonds. The smallest absolute Gasteiger partial charge is 0.0587 e. The Balaban J connectivity index is 1.56. The molecule has 0 saturated heterocycles. The number of hydrogen-bond donors (Lipinski definition) is 1. The highest BCUT2D eigenvalue weighted by atomic mass is 16.5. The fourth-order valence-corrected chi connectivity index (χ4v) is 3.50. The average molecular weight is 211 g/mol. The van der Waals surface area contributed by atoms with E-state index in [4.69, 9.17) is 4.74 Å². The van der Waals surface area contributed by atoms with E-state index in [1.807, 2.05) is 0 Å². The van der Waals surface area contributed by atoms with Crippen molar-refractivity contribution in [2.75, 3.05) is 26.8 Å². The standard InChI is InChI=1S/C13H25NO/c1-15-8-7-14-11-12-9-13(10-12)5-3-2-4-6-13/h12,14H,2-11H2,1H3. The van der Waals surface area contributed by atoms with Crippen molar-refractivity contribution in [2.24, 2.45) is 11.3 Å². The van der Waals surface area contributed by atoms with Gasteiger partial charge in [-0.1, -0.05) is 19.3 Å². The SMILES string of the molecule is COCCNCC1CC2(CCCCC2)C1. The van der Waals surface area contributed by atoms with Crippen LogP contribution in [0.1, 0.15) is 44.9 Å². The summed E-state index contributed by atoms with van der Waals surface area (Å²) in [6.07, 6.45) is 10.5. The molecule has 15 heavy (non-hydrogen) atoms. The molecule has 1 N–H and O–H groups in total. The molecule has 0 bridgehead atoms. The first-order valence-electron chi connectivity index (χ1n) is 6.54. The molecule has 0 atom stereocenters. The first-order valence-corrected chi connectivity index (χ1v) is 6.54. The van der Waals surface area contributed by atoms with Crippen molar-refractivity contribution in [2.45, 2.75) is 44.9 Å². The predicted molar refractivity (Wildman–Crippen MR) is 63.0 cm³/mol. The minimum atomic E-state index is 0.797. The van der Waals surface area contributed by atoms with Crippen molar-refractivity contribution in [3.8, 4) is 0 Å². The second kappa shape index (κ2) is 5.31. The fourth-order valence-electron chi connectivity index (χ4n) is 3.50. The number of nitrogens with one attached hydrogen (secondary N) is 1. The molecule has 0 radical (unpaired) electrons. The van der Waals surface area contributed by atoms with Gasteiger partial charge in [-0.05, 0) is 43.6 Å². The molecule has 2 rings (SSSR count). The third kappa shape index (κ3) is 2.94. The third-order valence-corrected chi connectivity index (χ3v) is 4.27. The Kier molecular flexibility index (Phi) is 4.04. The molecule has 1 spiro atoms. The van der Waals surface area contributed by atoms with Gasteiger partial charge in [-0.25, -0.2) is 0 Å². The maximum absolute atomic E-state index is 5.02. The van der Waals surface area contributed by atoms with Crippen molar-refractivity contribution in [1.29, 1.82) is 0 Å². The van der Waals surface area contributed by atoms with E-state index >= 15 is 0 Å². The van der Waals surface area contributed by atoms with Gasteiger partial charge in [0.15, 0.2) is 0 Å². The van der Waals surface area contributed by atoms with Gasteiger partial charge >= 0.3 is 0 Å². The van der Waals surface area contributed by atoms with Crippen LogP contribution in [0, 0.1) is 11.3 Å². The summed E-state index contributed by atoms with van der Waals surface area (Å²) < 4.78 is 5.02. The van der Waals surface area contributed by atoms with Crippen molar-refractivity contribution in [3.63, 3.8) is 0 Å². The number of methoxy groups -OCH3 is 1. The van der Waals surface area contributed by atoms with E-state index in [0.29, 0.717) is 0 Å². The van der Waals surface area contributed by atoms with E-state index < -0.39 is 0 Å². The van der Waals surface area contributed by atoms with E-state index in [9.17, 15) is 0 Å². The minimum Gasteiger partial charge on any atom is -0.383 e. The third-order valence-electron chi connectivity index (χ3n) is 4.27. The Hall–Kier alpha value is -0.0800. The molecule has 2 saturated carbocycles. The van der Waals surface area contributed by atoms with Gasteiger partial charge in [0, 0.05) is 13.7 Å². The van der Waals surface area contributed by atoms with Crippen LogP contribution in [0.2, 0.25) is 0 Å². The van der Waals surface area contributed by atoms with Crippen molar-refractivity contribution in [1.82, 2.24) is 5.32 Å². The summed E-state index contributed by atoms with van der Waals surface area (Å²) in [6, 6.07) is 0. The highest BCUT2D eigenvalue weighted by Crippen LogP contribution is 2.54. The Labute approximate surface area is 93.8 Å². The summed E-state index contributed by atoms with van der Waals surface area (Å²) in [5, 5.41) is 3.49. The first kappa shape index (κ1) is 11.4. The van der Waals surface area contributed by atoms with E-state index in [2.05, 4.69) is 5.32 Å². The molecule has 2 heteroatoms. The van der Waals surface area contributed by atoms with Crippen LogP contribution in [-0.4, -0.2) is 26.8 Å². The van der Waals surface area contributed by atoms with Crippen LogP contribution in [-0.2, 0) is 4.74 Å². The zero-order valence-electron chi connectivity index (χ0n) is 10.1. The number of ether oxygens (including phenoxy) is 1. The predicted octanol–water partition coefficient (Wildman–Crippen LogP) is 2.58. The normalized spacial score (nSPS) is 25.4. The van der Waals surface area contributed by atoms with E-state index in [1.54, 1.807) is 7.11 Å². The topological polar surface area (TPSA) is 21.3 Å². The summed E-state index contributed by atoms with van der Waals surface area (Å²) in [4.78, 5) is 0. The largest absolute Gasteiger partial charge is 0.383 e. The molecule has 2 nitrogen and oxygen atoms in total. The molecule has 0 unspecified atom stereocenters. The van der Waals surface area contributed by atoms with Gasteiger partial charge in [0.2, 0.25) is 0 Å². The molecule has 0 aromatic rings. The van der Waals surface area contributed by atoms with Gasteiger partial charge in [0.05, 0.1) is 6.61 Å². The van der Waals surface area contributed by atoms with Gasteiger partial charge in [0.25, 0.3) is 0 Å². The lowest BCUT2D eigenvalue weighted by atomic mass is 9.56. The molecule has 2 aliphatic carbocycles. The van der Waals surface area contributed by atoms with Crippen molar-refractivity contribution >= 4 is 0 Å². The van der Waals surface area contributed by atoms with E-state index in [0.717, 1.165) is 24.5 Å². The Morgan fingerprint density at radius 2 is 1.93 bits per heavy atom. The summed E-state index contributed by atoms with van der Waals surface area (Å²) in [7, 11) is 1.77. The van der Waals surface area contributed by atoms with Crippen LogP contribution < -0.4 is 5.32 Å². The zero-order chi connectivity index (χ0) is 10.6. The van der Waals surface area contributed by atoms with Gasteiger partial charge in [-0.15, -0.1) is 0 Å². The van der Waals surface area contributed by atoms with Gasteiger partial charge in [0.1, 0.15) is 0 Å². The highest BCUT2D eigenvalue weighted by Gasteiger charge is 2.43. The van der Waals surface area contributed by atoms with Gasteiger partial charge < -0.3 is 10.1 Å². The Morgan fingerprint density at radius 3 is 2.60 bits per heavy atom. The quantitative estimate of drug-likeness (QED) is 0.706. The first-order chi connectivity index (χ1) is 7.35. The monoisotopic (exact) mass is 211 g/mol. The molecular weight excluding hydrogens is 186 g/mol. The molecule has 2 aliphatic rings. The fraction of sp³-hybridized carbons (Fsp3) is 1.00. The van der Waals surface area contributed by atoms with Gasteiger partial charge in [-0.3, -0.25) is 0 Å². The number of hydrogen-bond acceptors (Lipinski definition) is 2. The summed E-state index contributed by atoms with van der Waals surface area (Å²) in [5.74, 6) is 0.958. The Bertz CT molecular complexity index is 179. The molecule has 2 fully saturated rings. The maximum atomic E-state index is 5.02. The van der Waals surface area contributed by atoms with Crippen molar-refractivity contribution < 1.29 is 4.74 Å². The molecular formula is C13H25NO. The molecule has 0 aliphatic heterocycles. The average Bonchev–Trinajstić information content (AvgIpc) is 2.23. The van der Waals surface area contributed by atoms with Crippen LogP contribution in [0.5, 0.6) is 0 Å². The zero-order valence-corrected chi connectivity index (χ0v) is 10.1. The molecule has 0 heterocycles. The van der Waals surface area contributed by atoms with Crippen LogP contribution in [0.3, 0.4) is 0 Å². The molecule has 88 valence electrons. The summed E-state index contributed by atoms with van der Waals surface area (Å²) in [5.41, 5.74) is 0.797. The van der Waals surface area contributed by atoms with E-state index in [-0.39, 0.29) is 0 Å². The van der Waals surface area contributed by atoms with Crippen LogP contribution >= 0.6 is 0 Å². The maximum Gasteiger partial charge on any atom is 0.0587 e. The number of rotatable bonds is 5. The van der Waals surface area contributed by atoms with Crippen molar-refractivity contribution in [3.05, 3.63) is 0 Å². The second-order valence-corrected chi connectivity index (χ2v) is 5.53. The Morgan fingerprint density at radius 1 is 1.20 bits per heavy atom. The van der Waals surface area contributed by atoms with Crippen LogP contribution in [0.15, 0.2) is 0 Å². The van der Waals surface area contributed by atoms with Gasteiger partial charge in [-0.2, -0.15) is 0 Å². The lowest BCUT2D eigenvalue weighted by molar-refractivity contribution is 0.0148. The van der Waals surface area contributed by atoms with Crippen LogP contribution in [0.25, 0.3) is 0 Å². The highest BCUT2D eigenvalue weighted by molar-refractivity contribution is 4.95. The lowest BCUT2D eigenvalue weighted by Gasteiger charge is -2.50.